The number of ether oxygens (including phenoxy) is 1. The van der Waals surface area contributed by atoms with Crippen molar-refractivity contribution >= 4 is 27.5 Å². The van der Waals surface area contributed by atoms with E-state index in [0.717, 1.165) is 10.0 Å². The lowest BCUT2D eigenvalue weighted by atomic mass is 9.98. The zero-order chi connectivity index (χ0) is 14.7. The lowest BCUT2D eigenvalue weighted by Crippen LogP contribution is -2.15. The highest BCUT2D eigenvalue weighted by Gasteiger charge is 2.16. The molecule has 0 aromatic heterocycles. The topological polar surface area (TPSA) is 35.2 Å². The predicted molar refractivity (Wildman–Crippen MR) is 82.7 cm³/mol. The Labute approximate surface area is 130 Å². The Morgan fingerprint density at radius 2 is 2.10 bits per heavy atom. The molecule has 1 atom stereocenters. The van der Waals surface area contributed by atoms with Gasteiger partial charge in [0.05, 0.1) is 12.1 Å². The Morgan fingerprint density at radius 1 is 1.35 bits per heavy atom. The molecular weight excluding hydrogens is 345 g/mol. The van der Waals surface area contributed by atoms with Crippen LogP contribution in [0.3, 0.4) is 0 Å². The van der Waals surface area contributed by atoms with Gasteiger partial charge in [0, 0.05) is 16.1 Å². The lowest BCUT2D eigenvalue weighted by Gasteiger charge is -2.16. The third-order valence-corrected chi connectivity index (χ3v) is 3.85. The molecule has 2 aromatic carbocycles. The molecule has 106 valence electrons. The Hall–Kier alpha value is -1.10. The first-order valence-electron chi connectivity index (χ1n) is 6.05. The van der Waals surface area contributed by atoms with Crippen LogP contribution in [0, 0.1) is 5.82 Å². The van der Waals surface area contributed by atoms with Gasteiger partial charge in [-0.25, -0.2) is 4.39 Å². The van der Waals surface area contributed by atoms with E-state index in [9.17, 15) is 4.39 Å². The van der Waals surface area contributed by atoms with Crippen molar-refractivity contribution in [3.05, 3.63) is 62.8 Å². The molecule has 5 heteroatoms. The molecule has 0 spiro atoms. The monoisotopic (exact) mass is 357 g/mol. The van der Waals surface area contributed by atoms with Crippen LogP contribution in [0.1, 0.15) is 17.2 Å². The summed E-state index contributed by atoms with van der Waals surface area (Å²) in [6.07, 6.45) is 0.352. The molecule has 2 N–H and O–H groups in total. The van der Waals surface area contributed by atoms with Gasteiger partial charge >= 0.3 is 0 Å². The summed E-state index contributed by atoms with van der Waals surface area (Å²) in [5, 5.41) is 0.109. The molecular formula is C15H14BrClFNO. The van der Waals surface area contributed by atoms with Crippen LogP contribution in [-0.4, -0.2) is 7.11 Å². The summed E-state index contributed by atoms with van der Waals surface area (Å²) >= 11 is 9.15. The largest absolute Gasteiger partial charge is 0.496 e. The summed E-state index contributed by atoms with van der Waals surface area (Å²) in [5.41, 5.74) is 7.49. The molecule has 0 fully saturated rings. The number of hydrogen-bond donors (Lipinski definition) is 1. The van der Waals surface area contributed by atoms with E-state index in [4.69, 9.17) is 22.1 Å². The van der Waals surface area contributed by atoms with Gasteiger partial charge in [-0.1, -0.05) is 45.7 Å². The highest BCUT2D eigenvalue weighted by atomic mass is 79.9. The summed E-state index contributed by atoms with van der Waals surface area (Å²) in [4.78, 5) is 0. The second-order valence-electron chi connectivity index (χ2n) is 4.41. The summed E-state index contributed by atoms with van der Waals surface area (Å²) in [6, 6.07) is 10.1. The highest BCUT2D eigenvalue weighted by molar-refractivity contribution is 9.10. The molecule has 0 saturated heterocycles. The maximum absolute atomic E-state index is 13.9. The first-order chi connectivity index (χ1) is 9.52. The molecule has 0 heterocycles. The Balaban J connectivity index is 2.28. The van der Waals surface area contributed by atoms with E-state index >= 15 is 0 Å². The maximum atomic E-state index is 13.9. The van der Waals surface area contributed by atoms with Gasteiger partial charge in [-0.3, -0.25) is 0 Å². The third-order valence-electron chi connectivity index (χ3n) is 3.07. The van der Waals surface area contributed by atoms with Crippen LogP contribution in [0.2, 0.25) is 5.02 Å². The van der Waals surface area contributed by atoms with Crippen molar-refractivity contribution in [3.63, 3.8) is 0 Å². The van der Waals surface area contributed by atoms with E-state index in [2.05, 4.69) is 15.9 Å². The first-order valence-corrected chi connectivity index (χ1v) is 7.22. The number of rotatable bonds is 4. The predicted octanol–water partition coefficient (Wildman–Crippen LogP) is 4.49. The average Bonchev–Trinajstić information content (AvgIpc) is 2.43. The number of methoxy groups -OCH3 is 1. The summed E-state index contributed by atoms with van der Waals surface area (Å²) in [5.74, 6) is 0.259. The van der Waals surface area contributed by atoms with E-state index in [-0.39, 0.29) is 11.1 Å². The minimum atomic E-state index is -0.416. The fourth-order valence-electron chi connectivity index (χ4n) is 2.04. The van der Waals surface area contributed by atoms with Crippen LogP contribution in [0.4, 0.5) is 4.39 Å². The zero-order valence-corrected chi connectivity index (χ0v) is 13.2. The summed E-state index contributed by atoms with van der Waals surface area (Å²) < 4.78 is 20.1. The van der Waals surface area contributed by atoms with Gasteiger partial charge in [-0.2, -0.15) is 0 Å². The van der Waals surface area contributed by atoms with Gasteiger partial charge in [-0.05, 0) is 30.2 Å². The summed E-state index contributed by atoms with van der Waals surface area (Å²) in [7, 11) is 1.58. The number of nitrogens with two attached hydrogens (primary N) is 1. The first kappa shape index (κ1) is 15.3. The van der Waals surface area contributed by atoms with Crippen molar-refractivity contribution in [1.82, 2.24) is 0 Å². The average molecular weight is 359 g/mol. The Kier molecular flexibility index (Phi) is 5.02. The minimum absolute atomic E-state index is 0.109. The van der Waals surface area contributed by atoms with Crippen LogP contribution < -0.4 is 10.5 Å². The van der Waals surface area contributed by atoms with Crippen LogP contribution in [0.15, 0.2) is 40.9 Å². The molecule has 0 aliphatic heterocycles. The van der Waals surface area contributed by atoms with Crippen molar-refractivity contribution in [2.75, 3.05) is 7.11 Å². The van der Waals surface area contributed by atoms with Crippen molar-refractivity contribution in [2.45, 2.75) is 12.5 Å². The standard InChI is InChI=1S/C15H14BrClFNO/c1-20-14-8-10(16)5-6-11(14)13(19)7-9-3-2-4-12(17)15(9)18/h2-6,8,13H,7,19H2,1H3. The van der Waals surface area contributed by atoms with Crippen molar-refractivity contribution < 1.29 is 9.13 Å². The molecule has 0 aliphatic carbocycles. The van der Waals surface area contributed by atoms with Crippen molar-refractivity contribution in [2.24, 2.45) is 5.73 Å². The van der Waals surface area contributed by atoms with Gasteiger partial charge < -0.3 is 10.5 Å². The van der Waals surface area contributed by atoms with E-state index in [1.165, 1.54) is 6.07 Å². The normalized spacial score (nSPS) is 12.2. The molecule has 0 radical (unpaired) electrons. The van der Waals surface area contributed by atoms with Gasteiger partial charge in [0.15, 0.2) is 0 Å². The minimum Gasteiger partial charge on any atom is -0.496 e. The fourth-order valence-corrected chi connectivity index (χ4v) is 2.58. The van der Waals surface area contributed by atoms with E-state index < -0.39 is 5.82 Å². The van der Waals surface area contributed by atoms with Crippen LogP contribution >= 0.6 is 27.5 Å². The maximum Gasteiger partial charge on any atom is 0.145 e. The van der Waals surface area contributed by atoms with Gasteiger partial charge in [0.2, 0.25) is 0 Å². The molecule has 1 unspecified atom stereocenters. The molecule has 0 bridgehead atoms. The fraction of sp³-hybridized carbons (Fsp3) is 0.200. The molecule has 0 aliphatic rings. The molecule has 20 heavy (non-hydrogen) atoms. The van der Waals surface area contributed by atoms with E-state index in [1.807, 2.05) is 18.2 Å². The molecule has 2 aromatic rings. The van der Waals surface area contributed by atoms with Crippen LogP contribution in [0.5, 0.6) is 5.75 Å². The SMILES string of the molecule is COc1cc(Br)ccc1C(N)Cc1cccc(Cl)c1F. The Bertz CT molecular complexity index is 621. The summed E-state index contributed by atoms with van der Waals surface area (Å²) in [6.45, 7) is 0. The van der Waals surface area contributed by atoms with Crippen LogP contribution in [0.25, 0.3) is 0 Å². The quantitative estimate of drug-likeness (QED) is 0.874. The zero-order valence-electron chi connectivity index (χ0n) is 10.9. The van der Waals surface area contributed by atoms with Crippen molar-refractivity contribution in [1.29, 1.82) is 0 Å². The number of benzene rings is 2. The van der Waals surface area contributed by atoms with Gasteiger partial charge in [0.25, 0.3) is 0 Å². The second-order valence-corrected chi connectivity index (χ2v) is 5.73. The molecule has 0 amide bonds. The molecule has 2 rings (SSSR count). The van der Waals surface area contributed by atoms with E-state index in [1.54, 1.807) is 19.2 Å². The molecule has 2 nitrogen and oxygen atoms in total. The smallest absolute Gasteiger partial charge is 0.145 e. The number of halogens is 3. The van der Waals surface area contributed by atoms with E-state index in [0.29, 0.717) is 17.7 Å². The van der Waals surface area contributed by atoms with Gasteiger partial charge in [0.1, 0.15) is 11.6 Å². The number of hydrogen-bond acceptors (Lipinski definition) is 2. The van der Waals surface area contributed by atoms with Crippen molar-refractivity contribution in [3.8, 4) is 5.75 Å². The second kappa shape index (κ2) is 6.57. The third kappa shape index (κ3) is 3.32. The van der Waals surface area contributed by atoms with Gasteiger partial charge in [-0.15, -0.1) is 0 Å². The lowest BCUT2D eigenvalue weighted by molar-refractivity contribution is 0.405. The highest BCUT2D eigenvalue weighted by Crippen LogP contribution is 2.30. The molecule has 0 saturated carbocycles. The Morgan fingerprint density at radius 3 is 2.80 bits per heavy atom. The van der Waals surface area contributed by atoms with Crippen LogP contribution in [-0.2, 0) is 6.42 Å².